The van der Waals surface area contributed by atoms with E-state index in [1.807, 2.05) is 20.8 Å². The van der Waals surface area contributed by atoms with Gasteiger partial charge in [0.25, 0.3) is 0 Å². The summed E-state index contributed by atoms with van der Waals surface area (Å²) in [5.41, 5.74) is 0. The Morgan fingerprint density at radius 2 is 1.71 bits per heavy atom. The molecule has 0 aliphatic carbocycles. The van der Waals surface area contributed by atoms with Crippen LogP contribution in [-0.4, -0.2) is 56.9 Å². The number of amides is 1. The van der Waals surface area contributed by atoms with Gasteiger partial charge < -0.3 is 10.2 Å². The second-order valence-corrected chi connectivity index (χ2v) is 6.20. The summed E-state index contributed by atoms with van der Waals surface area (Å²) < 4.78 is 22.8. The number of rotatable bonds is 9. The highest BCUT2D eigenvalue weighted by molar-refractivity contribution is 7.91. The number of nitrogens with zero attached hydrogens (tertiary/aromatic N) is 1. The molecule has 0 aromatic carbocycles. The molecule has 0 atom stereocenters. The van der Waals surface area contributed by atoms with Crippen molar-refractivity contribution < 1.29 is 13.2 Å². The van der Waals surface area contributed by atoms with Gasteiger partial charge in [-0.2, -0.15) is 0 Å². The fourth-order valence-corrected chi connectivity index (χ4v) is 2.81. The van der Waals surface area contributed by atoms with Gasteiger partial charge >= 0.3 is 0 Å². The molecular weight excluding hydrogens is 240 g/mol. The molecule has 0 aliphatic heterocycles. The Morgan fingerprint density at radius 3 is 2.18 bits per heavy atom. The van der Waals surface area contributed by atoms with Crippen molar-refractivity contribution >= 4 is 15.7 Å². The number of hydrogen-bond donors (Lipinski definition) is 1. The predicted octanol–water partition coefficient (Wildman–Crippen LogP) is 0.269. The van der Waals surface area contributed by atoms with Crippen LogP contribution in [0, 0.1) is 0 Å². The first-order valence-corrected chi connectivity index (χ1v) is 7.97. The van der Waals surface area contributed by atoms with Crippen LogP contribution in [0.25, 0.3) is 0 Å². The van der Waals surface area contributed by atoms with Crippen LogP contribution in [-0.2, 0) is 14.6 Å². The van der Waals surface area contributed by atoms with E-state index in [1.165, 1.54) is 0 Å². The van der Waals surface area contributed by atoms with E-state index in [9.17, 15) is 13.2 Å². The predicted molar refractivity (Wildman–Crippen MR) is 69.7 cm³/mol. The molecule has 0 fully saturated rings. The first-order chi connectivity index (χ1) is 7.96. The number of likely N-dealkylation sites (N-methyl/N-ethyl adjacent to an activating group) is 1. The molecule has 0 saturated carbocycles. The molecule has 0 saturated heterocycles. The van der Waals surface area contributed by atoms with Crippen LogP contribution in [0.5, 0.6) is 0 Å². The van der Waals surface area contributed by atoms with Crippen molar-refractivity contribution in [3.63, 3.8) is 0 Å². The van der Waals surface area contributed by atoms with Crippen molar-refractivity contribution in [1.29, 1.82) is 0 Å². The topological polar surface area (TPSA) is 66.5 Å². The van der Waals surface area contributed by atoms with E-state index in [0.717, 1.165) is 0 Å². The van der Waals surface area contributed by atoms with E-state index < -0.39 is 9.84 Å². The third kappa shape index (κ3) is 7.33. The number of nitrogens with one attached hydrogen (secondary N) is 1. The Labute approximate surface area is 104 Å². The third-order valence-electron chi connectivity index (χ3n) is 2.50. The summed E-state index contributed by atoms with van der Waals surface area (Å²) in [6.45, 7) is 7.62. The molecule has 6 heteroatoms. The summed E-state index contributed by atoms with van der Waals surface area (Å²) in [6, 6.07) is 0. The third-order valence-corrected chi connectivity index (χ3v) is 4.35. The Bertz CT molecular complexity index is 311. The molecule has 102 valence electrons. The van der Waals surface area contributed by atoms with Crippen molar-refractivity contribution in [2.75, 3.05) is 37.7 Å². The molecule has 0 aromatic heterocycles. The minimum Gasteiger partial charge on any atom is -0.342 e. The maximum atomic E-state index is 11.6. The lowest BCUT2D eigenvalue weighted by molar-refractivity contribution is -0.129. The Kier molecular flexibility index (Phi) is 8.16. The van der Waals surface area contributed by atoms with Gasteiger partial charge in [0.2, 0.25) is 5.91 Å². The van der Waals surface area contributed by atoms with Gasteiger partial charge in [-0.3, -0.25) is 4.79 Å². The average molecular weight is 264 g/mol. The second-order valence-electron chi connectivity index (χ2n) is 3.89. The molecule has 0 rings (SSSR count). The molecule has 0 heterocycles. The van der Waals surface area contributed by atoms with Gasteiger partial charge in [-0.15, -0.1) is 0 Å². The summed E-state index contributed by atoms with van der Waals surface area (Å²) >= 11 is 0. The van der Waals surface area contributed by atoms with Gasteiger partial charge in [0.15, 0.2) is 9.84 Å². The van der Waals surface area contributed by atoms with Gasteiger partial charge in [-0.25, -0.2) is 8.42 Å². The highest BCUT2D eigenvalue weighted by Crippen LogP contribution is 1.92. The largest absolute Gasteiger partial charge is 0.342 e. The van der Waals surface area contributed by atoms with E-state index in [4.69, 9.17) is 0 Å². The van der Waals surface area contributed by atoms with Crippen molar-refractivity contribution in [2.45, 2.75) is 27.2 Å². The first-order valence-electron chi connectivity index (χ1n) is 6.15. The van der Waals surface area contributed by atoms with Crippen LogP contribution in [0.3, 0.4) is 0 Å². The zero-order chi connectivity index (χ0) is 13.3. The van der Waals surface area contributed by atoms with Crippen molar-refractivity contribution in [3.05, 3.63) is 0 Å². The molecule has 0 unspecified atom stereocenters. The molecule has 0 radical (unpaired) electrons. The molecule has 0 bridgehead atoms. The summed E-state index contributed by atoms with van der Waals surface area (Å²) in [7, 11) is -2.95. The van der Waals surface area contributed by atoms with Gasteiger partial charge in [-0.1, -0.05) is 6.92 Å². The summed E-state index contributed by atoms with van der Waals surface area (Å²) in [6.07, 6.45) is 0.640. The molecule has 1 N–H and O–H groups in total. The van der Waals surface area contributed by atoms with Gasteiger partial charge in [0.1, 0.15) is 0 Å². The summed E-state index contributed by atoms with van der Waals surface area (Å²) in [5.74, 6) is 0.341. The molecule has 0 aliphatic rings. The van der Waals surface area contributed by atoms with E-state index in [-0.39, 0.29) is 24.0 Å². The van der Waals surface area contributed by atoms with Crippen molar-refractivity contribution in [1.82, 2.24) is 10.2 Å². The number of carbonyl (C=O) groups excluding carboxylic acids is 1. The maximum absolute atomic E-state index is 11.6. The summed E-state index contributed by atoms with van der Waals surface area (Å²) in [5, 5.41) is 2.88. The SMILES string of the molecule is CCCS(=O)(=O)CCNCC(=O)N(CC)CC. The van der Waals surface area contributed by atoms with E-state index in [2.05, 4.69) is 5.32 Å². The van der Waals surface area contributed by atoms with Crippen LogP contribution < -0.4 is 5.32 Å². The minimum absolute atomic E-state index is 0.0166. The highest BCUT2D eigenvalue weighted by Gasteiger charge is 2.11. The van der Waals surface area contributed by atoms with Crippen LogP contribution in [0.1, 0.15) is 27.2 Å². The summed E-state index contributed by atoms with van der Waals surface area (Å²) in [4.78, 5) is 13.3. The lowest BCUT2D eigenvalue weighted by Gasteiger charge is -2.18. The van der Waals surface area contributed by atoms with Crippen LogP contribution in [0.4, 0.5) is 0 Å². The molecule has 1 amide bonds. The van der Waals surface area contributed by atoms with Gasteiger partial charge in [-0.05, 0) is 20.3 Å². The zero-order valence-electron chi connectivity index (χ0n) is 11.0. The highest BCUT2D eigenvalue weighted by atomic mass is 32.2. The Hall–Kier alpha value is -0.620. The van der Waals surface area contributed by atoms with Crippen LogP contribution >= 0.6 is 0 Å². The van der Waals surface area contributed by atoms with Gasteiger partial charge in [0.05, 0.1) is 12.3 Å². The number of hydrogen-bond acceptors (Lipinski definition) is 4. The molecule has 0 spiro atoms. The van der Waals surface area contributed by atoms with Crippen LogP contribution in [0.15, 0.2) is 0 Å². The second kappa shape index (κ2) is 8.47. The van der Waals surface area contributed by atoms with E-state index >= 15 is 0 Å². The fourth-order valence-electron chi connectivity index (χ4n) is 1.52. The van der Waals surface area contributed by atoms with Crippen LogP contribution in [0.2, 0.25) is 0 Å². The normalized spacial score (nSPS) is 11.5. The monoisotopic (exact) mass is 264 g/mol. The number of carbonyl (C=O) groups is 1. The standard InChI is InChI=1S/C11H24N2O3S/c1-4-8-17(15,16)9-7-12-10-11(14)13(5-2)6-3/h12H,4-10H2,1-3H3. The zero-order valence-corrected chi connectivity index (χ0v) is 11.8. The number of sulfone groups is 1. The van der Waals surface area contributed by atoms with Gasteiger partial charge in [0, 0.05) is 25.4 Å². The molecule has 17 heavy (non-hydrogen) atoms. The first kappa shape index (κ1) is 16.4. The fraction of sp³-hybridized carbons (Fsp3) is 0.909. The molecular formula is C11H24N2O3S. The average Bonchev–Trinajstić information content (AvgIpc) is 2.26. The molecule has 5 nitrogen and oxygen atoms in total. The molecule has 0 aromatic rings. The quantitative estimate of drug-likeness (QED) is 0.607. The Balaban J connectivity index is 3.82. The Morgan fingerprint density at radius 1 is 1.12 bits per heavy atom. The minimum atomic E-state index is -2.95. The van der Waals surface area contributed by atoms with Crippen molar-refractivity contribution in [3.8, 4) is 0 Å². The van der Waals surface area contributed by atoms with Crippen molar-refractivity contribution in [2.24, 2.45) is 0 Å². The smallest absolute Gasteiger partial charge is 0.236 e. The lowest BCUT2D eigenvalue weighted by Crippen LogP contribution is -2.39. The van der Waals surface area contributed by atoms with E-state index in [1.54, 1.807) is 4.90 Å². The lowest BCUT2D eigenvalue weighted by atomic mass is 10.4. The maximum Gasteiger partial charge on any atom is 0.236 e. The van der Waals surface area contributed by atoms with E-state index in [0.29, 0.717) is 26.1 Å².